The molecule has 0 radical (unpaired) electrons. The van der Waals surface area contributed by atoms with E-state index in [1.807, 2.05) is 12.1 Å². The first-order valence-electron chi connectivity index (χ1n) is 7.44. The molecule has 1 amide bonds. The van der Waals surface area contributed by atoms with Crippen LogP contribution in [-0.4, -0.2) is 17.0 Å². The summed E-state index contributed by atoms with van der Waals surface area (Å²) >= 11 is 0. The number of hydrogen-bond donors (Lipinski definition) is 2. The zero-order chi connectivity index (χ0) is 14.8. The number of carboxylic acids is 1. The van der Waals surface area contributed by atoms with Crippen LogP contribution in [0.3, 0.4) is 0 Å². The van der Waals surface area contributed by atoms with E-state index in [-0.39, 0.29) is 11.8 Å². The van der Waals surface area contributed by atoms with Gasteiger partial charge in [-0.1, -0.05) is 18.6 Å². The summed E-state index contributed by atoms with van der Waals surface area (Å²) < 4.78 is 0. The quantitative estimate of drug-likeness (QED) is 0.835. The van der Waals surface area contributed by atoms with Crippen molar-refractivity contribution in [3.05, 3.63) is 35.9 Å². The first-order valence-corrected chi connectivity index (χ1v) is 7.44. The Kier molecular flexibility index (Phi) is 3.78. The van der Waals surface area contributed by atoms with E-state index in [1.54, 1.807) is 12.1 Å². The van der Waals surface area contributed by atoms with Crippen molar-refractivity contribution >= 4 is 23.6 Å². The predicted molar refractivity (Wildman–Crippen MR) is 80.7 cm³/mol. The molecule has 3 unspecified atom stereocenters. The van der Waals surface area contributed by atoms with Gasteiger partial charge in [0.05, 0.1) is 0 Å². The summed E-state index contributed by atoms with van der Waals surface area (Å²) in [6, 6.07) is 7.23. The van der Waals surface area contributed by atoms with Gasteiger partial charge in [-0.3, -0.25) is 4.79 Å². The van der Waals surface area contributed by atoms with Crippen molar-refractivity contribution in [2.24, 2.45) is 17.8 Å². The van der Waals surface area contributed by atoms with Crippen molar-refractivity contribution < 1.29 is 14.7 Å². The normalized spacial score (nSPS) is 27.1. The van der Waals surface area contributed by atoms with Crippen LogP contribution in [0.2, 0.25) is 0 Å². The Balaban J connectivity index is 1.60. The molecule has 1 aromatic carbocycles. The van der Waals surface area contributed by atoms with Gasteiger partial charge in [0, 0.05) is 17.7 Å². The highest BCUT2D eigenvalue weighted by atomic mass is 16.4. The molecule has 1 aromatic rings. The van der Waals surface area contributed by atoms with Crippen LogP contribution >= 0.6 is 0 Å². The van der Waals surface area contributed by atoms with Crippen molar-refractivity contribution in [3.63, 3.8) is 0 Å². The number of fused-ring (bicyclic) bond motifs is 2. The lowest BCUT2D eigenvalue weighted by atomic mass is 9.88. The fourth-order valence-corrected chi connectivity index (χ4v) is 3.65. The molecule has 0 saturated heterocycles. The monoisotopic (exact) mass is 285 g/mol. The summed E-state index contributed by atoms with van der Waals surface area (Å²) in [4.78, 5) is 22.8. The second-order valence-corrected chi connectivity index (χ2v) is 6.06. The number of carboxylic acid groups (broad SMARTS) is 1. The molecule has 0 spiro atoms. The van der Waals surface area contributed by atoms with Crippen molar-refractivity contribution in [2.45, 2.75) is 25.7 Å². The SMILES string of the molecule is O=C(O)/C=C/c1ccc(NC(=O)C2CC3CCC2C3)cc1. The molecular formula is C17H19NO3. The van der Waals surface area contributed by atoms with Crippen molar-refractivity contribution in [1.82, 2.24) is 0 Å². The summed E-state index contributed by atoms with van der Waals surface area (Å²) in [6.45, 7) is 0. The third-order valence-electron chi connectivity index (χ3n) is 4.67. The van der Waals surface area contributed by atoms with E-state index >= 15 is 0 Å². The molecule has 3 rings (SSSR count). The van der Waals surface area contributed by atoms with Crippen LogP contribution in [0.4, 0.5) is 5.69 Å². The number of amides is 1. The van der Waals surface area contributed by atoms with E-state index in [9.17, 15) is 9.59 Å². The molecule has 0 heterocycles. The minimum atomic E-state index is -0.969. The minimum absolute atomic E-state index is 0.135. The number of hydrogen-bond acceptors (Lipinski definition) is 2. The molecule has 4 heteroatoms. The average Bonchev–Trinajstić information content (AvgIpc) is 3.09. The first-order chi connectivity index (χ1) is 10.1. The molecule has 2 aliphatic carbocycles. The topological polar surface area (TPSA) is 66.4 Å². The lowest BCUT2D eigenvalue weighted by Gasteiger charge is -2.20. The largest absolute Gasteiger partial charge is 0.478 e. The standard InChI is InChI=1S/C17H19NO3/c19-16(20)8-4-11-2-6-14(7-3-11)18-17(21)15-10-12-1-5-13(15)9-12/h2-4,6-8,12-13,15H,1,5,9-10H2,(H,18,21)(H,19,20)/b8-4+. The number of carbonyl (C=O) groups is 2. The smallest absolute Gasteiger partial charge is 0.328 e. The lowest BCUT2D eigenvalue weighted by Crippen LogP contribution is -2.27. The van der Waals surface area contributed by atoms with E-state index in [2.05, 4.69) is 5.32 Å². The van der Waals surface area contributed by atoms with E-state index in [1.165, 1.54) is 25.3 Å². The Bertz CT molecular complexity index is 576. The van der Waals surface area contributed by atoms with Gasteiger partial charge in [-0.2, -0.15) is 0 Å². The molecule has 4 nitrogen and oxygen atoms in total. The molecular weight excluding hydrogens is 266 g/mol. The third kappa shape index (κ3) is 3.15. The molecule has 2 saturated carbocycles. The van der Waals surface area contributed by atoms with Gasteiger partial charge in [0.1, 0.15) is 0 Å². The molecule has 21 heavy (non-hydrogen) atoms. The average molecular weight is 285 g/mol. The molecule has 2 fully saturated rings. The van der Waals surface area contributed by atoms with Crippen LogP contribution in [0.15, 0.2) is 30.3 Å². The highest BCUT2D eigenvalue weighted by Gasteiger charge is 2.42. The van der Waals surface area contributed by atoms with E-state index in [0.29, 0.717) is 5.92 Å². The minimum Gasteiger partial charge on any atom is -0.478 e. The predicted octanol–water partition coefficient (Wildman–Crippen LogP) is 3.16. The van der Waals surface area contributed by atoms with Gasteiger partial charge in [-0.25, -0.2) is 4.79 Å². The molecule has 2 aliphatic rings. The zero-order valence-electron chi connectivity index (χ0n) is 11.8. The van der Waals surface area contributed by atoms with Gasteiger partial charge in [-0.15, -0.1) is 0 Å². The summed E-state index contributed by atoms with van der Waals surface area (Å²) in [5.74, 6) is 0.678. The highest BCUT2D eigenvalue weighted by Crippen LogP contribution is 2.48. The molecule has 2 bridgehead atoms. The molecule has 3 atom stereocenters. The third-order valence-corrected chi connectivity index (χ3v) is 4.67. The number of anilines is 1. The van der Waals surface area contributed by atoms with E-state index < -0.39 is 5.97 Å². The van der Waals surface area contributed by atoms with Crippen LogP contribution < -0.4 is 5.32 Å². The van der Waals surface area contributed by atoms with Crippen LogP contribution in [0.25, 0.3) is 6.08 Å². The Morgan fingerprint density at radius 1 is 1.14 bits per heavy atom. The van der Waals surface area contributed by atoms with Gasteiger partial charge in [0.15, 0.2) is 0 Å². The van der Waals surface area contributed by atoms with Crippen molar-refractivity contribution in [2.75, 3.05) is 5.32 Å². The second kappa shape index (κ2) is 5.72. The number of nitrogens with one attached hydrogen (secondary N) is 1. The maximum atomic E-state index is 12.3. The fraction of sp³-hybridized carbons (Fsp3) is 0.412. The van der Waals surface area contributed by atoms with Gasteiger partial charge in [0.25, 0.3) is 0 Å². The Morgan fingerprint density at radius 2 is 1.90 bits per heavy atom. The van der Waals surface area contributed by atoms with Crippen LogP contribution in [0.5, 0.6) is 0 Å². The van der Waals surface area contributed by atoms with Gasteiger partial charge in [-0.05, 0) is 54.9 Å². The van der Waals surface area contributed by atoms with Crippen LogP contribution in [-0.2, 0) is 9.59 Å². The van der Waals surface area contributed by atoms with Gasteiger partial charge in [0.2, 0.25) is 5.91 Å². The number of carbonyl (C=O) groups excluding carboxylic acids is 1. The van der Waals surface area contributed by atoms with Gasteiger partial charge >= 0.3 is 5.97 Å². The highest BCUT2D eigenvalue weighted by molar-refractivity contribution is 5.93. The Hall–Kier alpha value is -2.10. The maximum Gasteiger partial charge on any atom is 0.328 e. The van der Waals surface area contributed by atoms with E-state index in [0.717, 1.165) is 29.7 Å². The lowest BCUT2D eigenvalue weighted by molar-refractivity contribution is -0.131. The summed E-state index contributed by atoms with van der Waals surface area (Å²) in [7, 11) is 0. The maximum absolute atomic E-state index is 12.3. The summed E-state index contributed by atoms with van der Waals surface area (Å²) in [5, 5.41) is 11.6. The Labute approximate surface area is 123 Å². The number of rotatable bonds is 4. The molecule has 2 N–H and O–H groups in total. The van der Waals surface area contributed by atoms with Crippen molar-refractivity contribution in [3.8, 4) is 0 Å². The number of benzene rings is 1. The van der Waals surface area contributed by atoms with Gasteiger partial charge < -0.3 is 10.4 Å². The fourth-order valence-electron chi connectivity index (χ4n) is 3.65. The molecule has 0 aromatic heterocycles. The molecule has 110 valence electrons. The Morgan fingerprint density at radius 3 is 2.48 bits per heavy atom. The summed E-state index contributed by atoms with van der Waals surface area (Å²) in [5.41, 5.74) is 1.57. The van der Waals surface area contributed by atoms with Crippen LogP contribution in [0.1, 0.15) is 31.2 Å². The zero-order valence-corrected chi connectivity index (χ0v) is 11.8. The van der Waals surface area contributed by atoms with Crippen molar-refractivity contribution in [1.29, 1.82) is 0 Å². The molecule has 0 aliphatic heterocycles. The number of aliphatic carboxylic acids is 1. The van der Waals surface area contributed by atoms with E-state index in [4.69, 9.17) is 5.11 Å². The second-order valence-electron chi connectivity index (χ2n) is 6.06. The first kappa shape index (κ1) is 13.9. The van der Waals surface area contributed by atoms with Crippen LogP contribution in [0, 0.1) is 17.8 Å². The summed E-state index contributed by atoms with van der Waals surface area (Å²) in [6.07, 6.45) is 7.38.